The highest BCUT2D eigenvalue weighted by atomic mass is 19.4. The number of carbonyl (C=O) groups is 2. The maximum Gasteiger partial charge on any atom is 0.471 e. The number of rotatable bonds is 4. The van der Waals surface area contributed by atoms with E-state index in [1.165, 1.54) is 5.32 Å². The summed E-state index contributed by atoms with van der Waals surface area (Å²) < 4.78 is 75.2. The summed E-state index contributed by atoms with van der Waals surface area (Å²) in [4.78, 5) is 22.6. The fourth-order valence-electron chi connectivity index (χ4n) is 2.68. The Labute approximate surface area is 128 Å². The highest BCUT2D eigenvalue weighted by Crippen LogP contribution is 2.32. The normalized spacial score (nSPS) is 26.9. The van der Waals surface area contributed by atoms with Gasteiger partial charge in [-0.25, -0.2) is 5.01 Å². The quantitative estimate of drug-likeness (QED) is 0.596. The number of ketones is 1. The smallest absolute Gasteiger partial charge is 0.343 e. The van der Waals surface area contributed by atoms with E-state index < -0.39 is 48.5 Å². The van der Waals surface area contributed by atoms with E-state index in [2.05, 4.69) is 0 Å². The Balaban J connectivity index is 3.11. The van der Waals surface area contributed by atoms with E-state index in [0.717, 1.165) is 5.01 Å². The van der Waals surface area contributed by atoms with E-state index in [1.54, 1.807) is 6.92 Å². The molecule has 1 saturated heterocycles. The number of hydrazine groups is 1. The van der Waals surface area contributed by atoms with Crippen LogP contribution in [0.15, 0.2) is 0 Å². The lowest BCUT2D eigenvalue weighted by Crippen LogP contribution is -2.64. The zero-order valence-electron chi connectivity index (χ0n) is 12.2. The summed E-state index contributed by atoms with van der Waals surface area (Å²) in [6, 6.07) is -2.65. The zero-order valence-corrected chi connectivity index (χ0v) is 12.2. The maximum absolute atomic E-state index is 12.7. The molecule has 1 aliphatic rings. The van der Waals surface area contributed by atoms with E-state index >= 15 is 0 Å². The Hall–Kier alpha value is -1.36. The molecule has 3 unspecified atom stereocenters. The van der Waals surface area contributed by atoms with Crippen molar-refractivity contribution in [1.29, 1.82) is 0 Å². The highest BCUT2D eigenvalue weighted by molar-refractivity contribution is 5.88. The first kappa shape index (κ1) is 19.7. The summed E-state index contributed by atoms with van der Waals surface area (Å²) in [5.74, 6) is -0.717. The number of hydrogen-bond acceptors (Lipinski definition) is 4. The second-order valence-corrected chi connectivity index (χ2v) is 5.35. The van der Waals surface area contributed by atoms with Gasteiger partial charge in [-0.05, 0) is 12.8 Å². The molecule has 1 fully saturated rings. The average molecular weight is 349 g/mol. The van der Waals surface area contributed by atoms with Crippen molar-refractivity contribution in [2.24, 2.45) is 11.8 Å². The zero-order chi connectivity index (χ0) is 18.0. The van der Waals surface area contributed by atoms with Crippen LogP contribution in [0, 0.1) is 5.92 Å². The average Bonchev–Trinajstić information content (AvgIpc) is 2.40. The van der Waals surface area contributed by atoms with Crippen molar-refractivity contribution in [3.05, 3.63) is 0 Å². The third-order valence-corrected chi connectivity index (χ3v) is 3.73. The van der Waals surface area contributed by atoms with Gasteiger partial charge in [0.15, 0.2) is 0 Å². The second-order valence-electron chi connectivity index (χ2n) is 5.35. The molecule has 0 radical (unpaired) electrons. The Kier molecular flexibility index (Phi) is 6.02. The van der Waals surface area contributed by atoms with Gasteiger partial charge in [-0.15, -0.1) is 0 Å². The molecule has 0 bridgehead atoms. The van der Waals surface area contributed by atoms with E-state index in [9.17, 15) is 35.9 Å². The molecule has 23 heavy (non-hydrogen) atoms. The monoisotopic (exact) mass is 349 g/mol. The standard InChI is InChI=1S/C12H17F6N3O2/c1-2-3-7-8(20-10(23)12(16,17)18)6(4-5-21(7)19)9(22)11(13,14)15/h6-8H,2-5,19H2,1H3,(H,20,23). The predicted molar refractivity (Wildman–Crippen MR) is 66.7 cm³/mol. The van der Waals surface area contributed by atoms with E-state index in [0.29, 0.717) is 6.42 Å². The highest BCUT2D eigenvalue weighted by Gasteiger charge is 2.52. The minimum absolute atomic E-state index is 0.0878. The number of carbonyl (C=O) groups excluding carboxylic acids is 2. The van der Waals surface area contributed by atoms with Crippen LogP contribution >= 0.6 is 0 Å². The van der Waals surface area contributed by atoms with Crippen molar-refractivity contribution in [2.45, 2.75) is 50.6 Å². The third-order valence-electron chi connectivity index (χ3n) is 3.73. The van der Waals surface area contributed by atoms with Gasteiger partial charge in [0.25, 0.3) is 0 Å². The predicted octanol–water partition coefficient (Wildman–Crippen LogP) is 1.53. The van der Waals surface area contributed by atoms with Crippen molar-refractivity contribution < 1.29 is 35.9 Å². The van der Waals surface area contributed by atoms with E-state index in [-0.39, 0.29) is 13.0 Å². The second kappa shape index (κ2) is 7.04. The summed E-state index contributed by atoms with van der Waals surface area (Å²) in [6.45, 7) is 1.57. The molecule has 0 saturated carbocycles. The van der Waals surface area contributed by atoms with Gasteiger partial charge in [-0.3, -0.25) is 15.4 Å². The molecule has 0 aromatic rings. The number of hydrogen-bond donors (Lipinski definition) is 2. The number of nitrogens with two attached hydrogens (primary N) is 1. The Morgan fingerprint density at radius 1 is 1.17 bits per heavy atom. The molecule has 3 atom stereocenters. The van der Waals surface area contributed by atoms with Crippen LogP contribution in [0.25, 0.3) is 0 Å². The molecule has 3 N–H and O–H groups in total. The number of Topliss-reactive ketones (excluding diaryl/α,β-unsaturated/α-hetero) is 1. The van der Waals surface area contributed by atoms with Crippen LogP contribution in [-0.4, -0.2) is 47.7 Å². The lowest BCUT2D eigenvalue weighted by atomic mass is 9.81. The van der Waals surface area contributed by atoms with Crippen molar-refractivity contribution >= 4 is 11.7 Å². The van der Waals surface area contributed by atoms with Crippen molar-refractivity contribution in [3.8, 4) is 0 Å². The summed E-state index contributed by atoms with van der Waals surface area (Å²) >= 11 is 0. The number of alkyl halides is 6. The summed E-state index contributed by atoms with van der Waals surface area (Å²) in [5, 5.41) is 2.60. The molecule has 0 aromatic carbocycles. The molecule has 1 heterocycles. The summed E-state index contributed by atoms with van der Waals surface area (Å²) in [6.07, 6.45) is -10.3. The molecule has 11 heteroatoms. The first-order valence-electron chi connectivity index (χ1n) is 6.89. The molecule has 5 nitrogen and oxygen atoms in total. The van der Waals surface area contributed by atoms with Gasteiger partial charge in [-0.2, -0.15) is 26.3 Å². The van der Waals surface area contributed by atoms with Crippen LogP contribution in [0.1, 0.15) is 26.2 Å². The lowest BCUT2D eigenvalue weighted by molar-refractivity contribution is -0.183. The number of piperidine rings is 1. The molecule has 1 aliphatic heterocycles. The molecular weight excluding hydrogens is 332 g/mol. The Morgan fingerprint density at radius 2 is 1.74 bits per heavy atom. The molecule has 0 aliphatic carbocycles. The Morgan fingerprint density at radius 3 is 2.17 bits per heavy atom. The molecule has 0 spiro atoms. The van der Waals surface area contributed by atoms with Gasteiger partial charge < -0.3 is 5.32 Å². The summed E-state index contributed by atoms with van der Waals surface area (Å²) in [7, 11) is 0. The van der Waals surface area contributed by atoms with Gasteiger partial charge in [0.1, 0.15) is 0 Å². The van der Waals surface area contributed by atoms with Crippen LogP contribution < -0.4 is 11.2 Å². The number of amides is 1. The van der Waals surface area contributed by atoms with Crippen LogP contribution in [0.5, 0.6) is 0 Å². The molecule has 134 valence electrons. The van der Waals surface area contributed by atoms with Crippen LogP contribution in [-0.2, 0) is 9.59 Å². The van der Waals surface area contributed by atoms with Crippen molar-refractivity contribution in [1.82, 2.24) is 10.3 Å². The van der Waals surface area contributed by atoms with Crippen LogP contribution in [0.3, 0.4) is 0 Å². The van der Waals surface area contributed by atoms with Gasteiger partial charge in [0.2, 0.25) is 5.78 Å². The molecule has 1 amide bonds. The van der Waals surface area contributed by atoms with Crippen LogP contribution in [0.2, 0.25) is 0 Å². The third kappa shape index (κ3) is 4.80. The largest absolute Gasteiger partial charge is 0.471 e. The number of nitrogens with zero attached hydrogens (tertiary/aromatic N) is 1. The minimum Gasteiger partial charge on any atom is -0.343 e. The fourth-order valence-corrected chi connectivity index (χ4v) is 2.68. The number of halogens is 6. The first-order chi connectivity index (χ1) is 10.4. The summed E-state index contributed by atoms with van der Waals surface area (Å²) in [5.41, 5.74) is 0. The maximum atomic E-state index is 12.7. The fraction of sp³-hybridized carbons (Fsp3) is 0.833. The minimum atomic E-state index is -5.26. The molecule has 0 aromatic heterocycles. The Bertz CT molecular complexity index is 451. The van der Waals surface area contributed by atoms with Crippen molar-refractivity contribution in [2.75, 3.05) is 6.54 Å². The molecular formula is C12H17F6N3O2. The molecule has 1 rings (SSSR count). The SMILES string of the molecule is CCCC1C(NC(=O)C(F)(F)F)C(C(=O)C(F)(F)F)CCN1N. The van der Waals surface area contributed by atoms with E-state index in [1.807, 2.05) is 0 Å². The van der Waals surface area contributed by atoms with Crippen molar-refractivity contribution in [3.63, 3.8) is 0 Å². The van der Waals surface area contributed by atoms with Gasteiger partial charge in [0, 0.05) is 12.6 Å². The topological polar surface area (TPSA) is 75.4 Å². The van der Waals surface area contributed by atoms with Gasteiger partial charge in [0.05, 0.1) is 12.0 Å². The van der Waals surface area contributed by atoms with E-state index in [4.69, 9.17) is 5.84 Å². The lowest BCUT2D eigenvalue weighted by Gasteiger charge is -2.43. The first-order valence-corrected chi connectivity index (χ1v) is 6.89. The number of nitrogens with one attached hydrogen (secondary N) is 1. The van der Waals surface area contributed by atoms with Crippen LogP contribution in [0.4, 0.5) is 26.3 Å². The van der Waals surface area contributed by atoms with Gasteiger partial charge in [-0.1, -0.05) is 13.3 Å². The van der Waals surface area contributed by atoms with Gasteiger partial charge >= 0.3 is 18.3 Å².